The highest BCUT2D eigenvalue weighted by atomic mass is 16.5. The molecular weight excluding hydrogens is 328 g/mol. The van der Waals surface area contributed by atoms with Gasteiger partial charge in [-0.3, -0.25) is 0 Å². The molecule has 5 heteroatoms. The standard InChI is InChI=1S/C21H26N2O3/c1-13-5-4-6-17-19(21(24)25-3)22-20(23(17)12-13)15-7-10-18(14(2)11-15)26-16-8-9-16/h7,10-11,13,16H,4-6,8-9,12H2,1-3H3. The van der Waals surface area contributed by atoms with E-state index in [4.69, 9.17) is 14.5 Å². The van der Waals surface area contributed by atoms with Crippen molar-refractivity contribution < 1.29 is 14.3 Å². The molecule has 4 rings (SSSR count). The molecule has 0 amide bonds. The summed E-state index contributed by atoms with van der Waals surface area (Å²) in [5, 5.41) is 0. The molecule has 1 aliphatic heterocycles. The number of carbonyl (C=O) groups excluding carboxylic acids is 1. The van der Waals surface area contributed by atoms with Crippen LogP contribution in [-0.2, 0) is 17.7 Å². The Hall–Kier alpha value is -2.30. The third-order valence-electron chi connectivity index (χ3n) is 5.31. The molecule has 2 heterocycles. The van der Waals surface area contributed by atoms with Gasteiger partial charge in [0, 0.05) is 12.1 Å². The van der Waals surface area contributed by atoms with Gasteiger partial charge in [-0.1, -0.05) is 6.92 Å². The lowest BCUT2D eigenvalue weighted by molar-refractivity contribution is 0.0593. The molecule has 0 spiro atoms. The van der Waals surface area contributed by atoms with Crippen LogP contribution in [0.25, 0.3) is 11.4 Å². The molecule has 5 nitrogen and oxygen atoms in total. The maximum atomic E-state index is 12.3. The summed E-state index contributed by atoms with van der Waals surface area (Å²) < 4.78 is 13.2. The summed E-state index contributed by atoms with van der Waals surface area (Å²) in [6.07, 6.45) is 5.78. The summed E-state index contributed by atoms with van der Waals surface area (Å²) >= 11 is 0. The van der Waals surface area contributed by atoms with E-state index in [1.165, 1.54) is 7.11 Å². The number of rotatable bonds is 4. The van der Waals surface area contributed by atoms with Crippen molar-refractivity contribution in [2.24, 2.45) is 5.92 Å². The molecule has 1 aliphatic carbocycles. The van der Waals surface area contributed by atoms with Crippen LogP contribution in [0.4, 0.5) is 0 Å². The summed E-state index contributed by atoms with van der Waals surface area (Å²) in [6, 6.07) is 6.20. The molecule has 1 atom stereocenters. The number of aryl methyl sites for hydroxylation is 1. The molecule has 1 aromatic carbocycles. The van der Waals surface area contributed by atoms with Gasteiger partial charge in [-0.2, -0.15) is 0 Å². The first-order valence-electron chi connectivity index (χ1n) is 9.52. The van der Waals surface area contributed by atoms with Crippen LogP contribution < -0.4 is 4.74 Å². The van der Waals surface area contributed by atoms with E-state index in [0.29, 0.717) is 17.7 Å². The van der Waals surface area contributed by atoms with Crippen LogP contribution in [0.1, 0.15) is 54.4 Å². The quantitative estimate of drug-likeness (QED) is 0.774. The number of methoxy groups -OCH3 is 1. The van der Waals surface area contributed by atoms with Crippen molar-refractivity contribution in [3.63, 3.8) is 0 Å². The van der Waals surface area contributed by atoms with Crippen molar-refractivity contribution in [2.75, 3.05) is 7.11 Å². The summed E-state index contributed by atoms with van der Waals surface area (Å²) in [4.78, 5) is 17.0. The minimum absolute atomic E-state index is 0.347. The Morgan fingerprint density at radius 3 is 2.77 bits per heavy atom. The van der Waals surface area contributed by atoms with Crippen LogP contribution in [0.3, 0.4) is 0 Å². The van der Waals surface area contributed by atoms with Gasteiger partial charge in [0.25, 0.3) is 0 Å². The minimum Gasteiger partial charge on any atom is -0.490 e. The number of nitrogens with zero attached hydrogens (tertiary/aromatic N) is 2. The number of benzene rings is 1. The molecule has 1 fully saturated rings. The lowest BCUT2D eigenvalue weighted by Crippen LogP contribution is -2.10. The number of ether oxygens (including phenoxy) is 2. The van der Waals surface area contributed by atoms with Crippen LogP contribution in [0.2, 0.25) is 0 Å². The third kappa shape index (κ3) is 3.22. The van der Waals surface area contributed by atoms with Crippen molar-refractivity contribution in [1.29, 1.82) is 0 Å². The Morgan fingerprint density at radius 1 is 1.27 bits per heavy atom. The lowest BCUT2D eigenvalue weighted by atomic mass is 10.1. The number of fused-ring (bicyclic) bond motifs is 1. The van der Waals surface area contributed by atoms with Gasteiger partial charge in [-0.25, -0.2) is 9.78 Å². The summed E-state index contributed by atoms with van der Waals surface area (Å²) in [5.41, 5.74) is 3.60. The first-order chi connectivity index (χ1) is 12.6. The van der Waals surface area contributed by atoms with Gasteiger partial charge in [-0.15, -0.1) is 0 Å². The molecule has 0 radical (unpaired) electrons. The van der Waals surface area contributed by atoms with Gasteiger partial charge in [-0.05, 0) is 68.7 Å². The molecule has 138 valence electrons. The number of imidazole rings is 1. The molecule has 1 aromatic heterocycles. The molecule has 1 unspecified atom stereocenters. The number of aromatic nitrogens is 2. The maximum Gasteiger partial charge on any atom is 0.358 e. The average molecular weight is 354 g/mol. The first kappa shape index (κ1) is 17.1. The molecule has 0 saturated heterocycles. The van der Waals surface area contributed by atoms with Crippen molar-refractivity contribution >= 4 is 5.97 Å². The van der Waals surface area contributed by atoms with Gasteiger partial charge < -0.3 is 14.0 Å². The Kier molecular flexibility index (Phi) is 4.47. The van der Waals surface area contributed by atoms with Crippen molar-refractivity contribution in [3.05, 3.63) is 35.2 Å². The normalized spacial score (nSPS) is 19.6. The van der Waals surface area contributed by atoms with E-state index >= 15 is 0 Å². The highest BCUT2D eigenvalue weighted by Gasteiger charge is 2.27. The van der Waals surface area contributed by atoms with Gasteiger partial charge in [0.15, 0.2) is 5.69 Å². The molecular formula is C21H26N2O3. The van der Waals surface area contributed by atoms with Gasteiger partial charge >= 0.3 is 5.97 Å². The Morgan fingerprint density at radius 2 is 2.08 bits per heavy atom. The molecule has 0 bridgehead atoms. The zero-order valence-electron chi connectivity index (χ0n) is 15.7. The van der Waals surface area contributed by atoms with Crippen LogP contribution >= 0.6 is 0 Å². The highest BCUT2D eigenvalue weighted by molar-refractivity contribution is 5.89. The van der Waals surface area contributed by atoms with Crippen LogP contribution in [0.15, 0.2) is 18.2 Å². The SMILES string of the molecule is COC(=O)c1nc(-c2ccc(OC3CC3)c(C)c2)n2c1CCCC(C)C2. The fourth-order valence-electron chi connectivity index (χ4n) is 3.72. The molecule has 0 N–H and O–H groups in total. The Bertz CT molecular complexity index is 836. The highest BCUT2D eigenvalue weighted by Crippen LogP contribution is 2.33. The van der Waals surface area contributed by atoms with Gasteiger partial charge in [0.05, 0.1) is 18.9 Å². The van der Waals surface area contributed by atoms with E-state index in [-0.39, 0.29) is 5.97 Å². The van der Waals surface area contributed by atoms with E-state index in [1.54, 1.807) is 0 Å². The summed E-state index contributed by atoms with van der Waals surface area (Å²) in [5.74, 6) is 2.02. The topological polar surface area (TPSA) is 53.4 Å². The average Bonchev–Trinajstić information content (AvgIpc) is 3.40. The molecule has 2 aliphatic rings. The number of hydrogen-bond acceptors (Lipinski definition) is 4. The predicted molar refractivity (Wildman–Crippen MR) is 99.5 cm³/mol. The number of hydrogen-bond donors (Lipinski definition) is 0. The van der Waals surface area contributed by atoms with E-state index in [0.717, 1.165) is 67.0 Å². The second kappa shape index (κ2) is 6.78. The summed E-state index contributed by atoms with van der Waals surface area (Å²) in [7, 11) is 1.42. The zero-order valence-corrected chi connectivity index (χ0v) is 15.7. The van der Waals surface area contributed by atoms with Crippen LogP contribution in [0, 0.1) is 12.8 Å². The molecule has 2 aromatic rings. The fourth-order valence-corrected chi connectivity index (χ4v) is 3.72. The smallest absolute Gasteiger partial charge is 0.358 e. The third-order valence-corrected chi connectivity index (χ3v) is 5.31. The maximum absolute atomic E-state index is 12.3. The lowest BCUT2D eigenvalue weighted by Gasteiger charge is -2.14. The van der Waals surface area contributed by atoms with Gasteiger partial charge in [0.2, 0.25) is 0 Å². The second-order valence-corrected chi connectivity index (χ2v) is 7.63. The van der Waals surface area contributed by atoms with E-state index in [9.17, 15) is 4.79 Å². The van der Waals surface area contributed by atoms with Crippen LogP contribution in [0.5, 0.6) is 5.75 Å². The second-order valence-electron chi connectivity index (χ2n) is 7.63. The van der Waals surface area contributed by atoms with E-state index in [1.807, 2.05) is 6.07 Å². The molecule has 1 saturated carbocycles. The number of esters is 1. The minimum atomic E-state index is -0.347. The number of carbonyl (C=O) groups is 1. The van der Waals surface area contributed by atoms with E-state index in [2.05, 4.69) is 30.5 Å². The van der Waals surface area contributed by atoms with Crippen molar-refractivity contribution in [3.8, 4) is 17.1 Å². The summed E-state index contributed by atoms with van der Waals surface area (Å²) in [6.45, 7) is 5.21. The monoisotopic (exact) mass is 354 g/mol. The van der Waals surface area contributed by atoms with Gasteiger partial charge in [0.1, 0.15) is 11.6 Å². The van der Waals surface area contributed by atoms with Crippen molar-refractivity contribution in [1.82, 2.24) is 9.55 Å². The molecule has 26 heavy (non-hydrogen) atoms. The fraction of sp³-hybridized carbons (Fsp3) is 0.524. The largest absolute Gasteiger partial charge is 0.490 e. The zero-order chi connectivity index (χ0) is 18.3. The Balaban J connectivity index is 1.76. The van der Waals surface area contributed by atoms with E-state index < -0.39 is 0 Å². The van der Waals surface area contributed by atoms with Crippen molar-refractivity contribution in [2.45, 2.75) is 58.6 Å². The first-order valence-corrected chi connectivity index (χ1v) is 9.52. The van der Waals surface area contributed by atoms with Crippen LogP contribution in [-0.4, -0.2) is 28.7 Å². The predicted octanol–water partition coefficient (Wildman–Crippen LogP) is 4.16. The Labute approximate surface area is 154 Å².